The number of hydrogen-bond donors (Lipinski definition) is 2. The number of nitrogens with zero attached hydrogens (tertiary/aromatic N) is 1. The number of nitriles is 1. The monoisotopic (exact) mass is 267 g/mol. The van der Waals surface area contributed by atoms with Crippen molar-refractivity contribution in [2.45, 2.75) is 12.5 Å². The smallest absolute Gasteiger partial charge is 0.220 e. The third-order valence-corrected chi connectivity index (χ3v) is 2.22. The molecule has 0 fully saturated rings. The van der Waals surface area contributed by atoms with Crippen molar-refractivity contribution in [1.29, 1.82) is 5.26 Å². The molecule has 5 heteroatoms. The molecule has 1 rings (SSSR count). The number of benzene rings is 1. The van der Waals surface area contributed by atoms with E-state index in [1.807, 2.05) is 30.3 Å². The lowest BCUT2D eigenvalue weighted by Crippen LogP contribution is -2.25. The Morgan fingerprint density at radius 2 is 2.40 bits per heavy atom. The lowest BCUT2D eigenvalue weighted by Gasteiger charge is -2.11. The minimum absolute atomic E-state index is 0.00299. The van der Waals surface area contributed by atoms with Gasteiger partial charge in [0.15, 0.2) is 0 Å². The highest BCUT2D eigenvalue weighted by molar-refractivity contribution is 9.10. The molecular weight excluding hydrogens is 258 g/mol. The van der Waals surface area contributed by atoms with Gasteiger partial charge in [0, 0.05) is 10.2 Å². The molecule has 0 radical (unpaired) electrons. The fourth-order valence-corrected chi connectivity index (χ4v) is 1.51. The second-order valence-electron chi connectivity index (χ2n) is 3.01. The molecule has 0 heterocycles. The molecule has 78 valence electrons. The van der Waals surface area contributed by atoms with Crippen LogP contribution in [0.25, 0.3) is 0 Å². The summed E-state index contributed by atoms with van der Waals surface area (Å²) in [5.41, 5.74) is 5.79. The number of hydrogen-bond acceptors (Lipinski definition) is 3. The van der Waals surface area contributed by atoms with Gasteiger partial charge < -0.3 is 11.1 Å². The van der Waals surface area contributed by atoms with Gasteiger partial charge in [0.25, 0.3) is 0 Å². The van der Waals surface area contributed by atoms with E-state index < -0.39 is 11.9 Å². The largest absolute Gasteiger partial charge is 0.370 e. The van der Waals surface area contributed by atoms with E-state index in [0.29, 0.717) is 0 Å². The van der Waals surface area contributed by atoms with E-state index in [4.69, 9.17) is 11.0 Å². The molecule has 0 bridgehead atoms. The van der Waals surface area contributed by atoms with E-state index in [-0.39, 0.29) is 6.42 Å². The fraction of sp³-hybridized carbons (Fsp3) is 0.200. The van der Waals surface area contributed by atoms with Gasteiger partial charge in [-0.25, -0.2) is 0 Å². The first-order valence-corrected chi connectivity index (χ1v) is 5.11. The summed E-state index contributed by atoms with van der Waals surface area (Å²) in [5.74, 6) is -0.496. The van der Waals surface area contributed by atoms with E-state index >= 15 is 0 Å². The van der Waals surface area contributed by atoms with Gasteiger partial charge in [-0.3, -0.25) is 4.79 Å². The number of primary amides is 1. The lowest BCUT2D eigenvalue weighted by molar-refractivity contribution is -0.118. The Morgan fingerprint density at radius 3 is 2.93 bits per heavy atom. The van der Waals surface area contributed by atoms with Crippen LogP contribution in [0.5, 0.6) is 0 Å². The zero-order chi connectivity index (χ0) is 11.3. The molecule has 0 saturated heterocycles. The van der Waals surface area contributed by atoms with Crippen LogP contribution in [0.2, 0.25) is 0 Å². The summed E-state index contributed by atoms with van der Waals surface area (Å²) in [6.45, 7) is 0. The van der Waals surface area contributed by atoms with Crippen molar-refractivity contribution in [3.8, 4) is 6.07 Å². The summed E-state index contributed by atoms with van der Waals surface area (Å²) in [6.07, 6.45) is 0.00299. The normalized spacial score (nSPS) is 11.5. The first-order chi connectivity index (χ1) is 7.11. The highest BCUT2D eigenvalue weighted by Crippen LogP contribution is 2.16. The minimum atomic E-state index is -0.586. The summed E-state index contributed by atoms with van der Waals surface area (Å²) in [4.78, 5) is 10.6. The average molecular weight is 268 g/mol. The fourth-order valence-electron chi connectivity index (χ4n) is 1.11. The summed E-state index contributed by atoms with van der Waals surface area (Å²) >= 11 is 3.31. The second kappa shape index (κ2) is 5.37. The zero-order valence-corrected chi connectivity index (χ0v) is 9.49. The van der Waals surface area contributed by atoms with E-state index in [1.54, 1.807) is 0 Å². The summed E-state index contributed by atoms with van der Waals surface area (Å²) in [7, 11) is 0. The number of anilines is 1. The van der Waals surface area contributed by atoms with Crippen LogP contribution in [0.1, 0.15) is 6.42 Å². The van der Waals surface area contributed by atoms with Crippen molar-refractivity contribution in [1.82, 2.24) is 0 Å². The molecule has 15 heavy (non-hydrogen) atoms. The Hall–Kier alpha value is -1.54. The number of halogens is 1. The van der Waals surface area contributed by atoms with Gasteiger partial charge in [0.1, 0.15) is 6.04 Å². The molecule has 0 aliphatic rings. The van der Waals surface area contributed by atoms with E-state index in [0.717, 1.165) is 10.2 Å². The second-order valence-corrected chi connectivity index (χ2v) is 3.92. The Balaban J connectivity index is 2.67. The van der Waals surface area contributed by atoms with Crippen molar-refractivity contribution in [3.05, 3.63) is 28.7 Å². The van der Waals surface area contributed by atoms with Crippen molar-refractivity contribution < 1.29 is 4.79 Å². The van der Waals surface area contributed by atoms with Crippen molar-refractivity contribution in [2.75, 3.05) is 5.32 Å². The third kappa shape index (κ3) is 4.00. The molecule has 1 aromatic rings. The van der Waals surface area contributed by atoms with Crippen LogP contribution < -0.4 is 11.1 Å². The average Bonchev–Trinajstić information content (AvgIpc) is 2.16. The van der Waals surface area contributed by atoms with E-state index in [1.165, 1.54) is 0 Å². The molecule has 3 N–H and O–H groups in total. The molecule has 1 aromatic carbocycles. The summed E-state index contributed by atoms with van der Waals surface area (Å²) in [5, 5.41) is 11.7. The molecule has 1 unspecified atom stereocenters. The molecule has 1 amide bonds. The van der Waals surface area contributed by atoms with Gasteiger partial charge in [0.05, 0.1) is 12.5 Å². The third-order valence-electron chi connectivity index (χ3n) is 1.73. The zero-order valence-electron chi connectivity index (χ0n) is 7.90. The topological polar surface area (TPSA) is 78.9 Å². The molecule has 0 aliphatic carbocycles. The molecule has 4 nitrogen and oxygen atoms in total. The van der Waals surface area contributed by atoms with Gasteiger partial charge in [-0.05, 0) is 18.2 Å². The van der Waals surface area contributed by atoms with Gasteiger partial charge in [-0.1, -0.05) is 22.0 Å². The number of carbonyl (C=O) groups excluding carboxylic acids is 1. The lowest BCUT2D eigenvalue weighted by atomic mass is 10.2. The molecular formula is C10H10BrN3O. The van der Waals surface area contributed by atoms with Crippen LogP contribution in [0, 0.1) is 11.3 Å². The Labute approximate surface area is 96.2 Å². The van der Waals surface area contributed by atoms with Crippen LogP contribution in [0.4, 0.5) is 5.69 Å². The molecule has 0 aromatic heterocycles. The van der Waals surface area contributed by atoms with Gasteiger partial charge in [-0.2, -0.15) is 5.26 Å². The number of nitrogens with two attached hydrogens (primary N) is 1. The standard InChI is InChI=1S/C10H10BrN3O/c11-7-2-1-3-8(4-7)14-9(6-12)5-10(13)15/h1-4,9,14H,5H2,(H2,13,15). The highest BCUT2D eigenvalue weighted by Gasteiger charge is 2.10. The maximum Gasteiger partial charge on any atom is 0.220 e. The van der Waals surface area contributed by atoms with Crippen LogP contribution in [-0.2, 0) is 4.79 Å². The highest BCUT2D eigenvalue weighted by atomic mass is 79.9. The van der Waals surface area contributed by atoms with Crippen LogP contribution in [0.15, 0.2) is 28.7 Å². The van der Waals surface area contributed by atoms with Gasteiger partial charge in [-0.15, -0.1) is 0 Å². The molecule has 1 atom stereocenters. The minimum Gasteiger partial charge on any atom is -0.370 e. The van der Waals surface area contributed by atoms with Crippen LogP contribution in [0.3, 0.4) is 0 Å². The number of amides is 1. The quantitative estimate of drug-likeness (QED) is 0.871. The Kier molecular flexibility index (Phi) is 4.13. The van der Waals surface area contributed by atoms with Crippen molar-refractivity contribution in [2.24, 2.45) is 5.73 Å². The molecule has 0 spiro atoms. The van der Waals surface area contributed by atoms with E-state index in [9.17, 15) is 4.79 Å². The first kappa shape index (κ1) is 11.5. The first-order valence-electron chi connectivity index (χ1n) is 4.32. The van der Waals surface area contributed by atoms with Crippen LogP contribution in [-0.4, -0.2) is 11.9 Å². The number of carbonyl (C=O) groups is 1. The maximum absolute atomic E-state index is 10.6. The Morgan fingerprint density at radius 1 is 1.67 bits per heavy atom. The SMILES string of the molecule is N#CC(CC(N)=O)Nc1cccc(Br)c1. The van der Waals surface area contributed by atoms with Crippen molar-refractivity contribution >= 4 is 27.5 Å². The number of rotatable bonds is 4. The summed E-state index contributed by atoms with van der Waals surface area (Å²) in [6, 6.07) is 8.74. The van der Waals surface area contributed by atoms with E-state index in [2.05, 4.69) is 21.2 Å². The predicted octanol–water partition coefficient (Wildman–Crippen LogP) is 1.63. The Bertz CT molecular complexity index is 400. The number of nitrogens with one attached hydrogen (secondary N) is 1. The van der Waals surface area contributed by atoms with Gasteiger partial charge >= 0.3 is 0 Å². The molecule has 0 aliphatic heterocycles. The molecule has 0 saturated carbocycles. The maximum atomic E-state index is 10.6. The predicted molar refractivity (Wildman–Crippen MR) is 61.0 cm³/mol. The van der Waals surface area contributed by atoms with Crippen molar-refractivity contribution in [3.63, 3.8) is 0 Å². The van der Waals surface area contributed by atoms with Crippen LogP contribution >= 0.6 is 15.9 Å². The summed E-state index contributed by atoms with van der Waals surface area (Å²) < 4.78 is 0.906. The van der Waals surface area contributed by atoms with Gasteiger partial charge in [0.2, 0.25) is 5.91 Å².